The monoisotopic (exact) mass is 395 g/mol. The summed E-state index contributed by atoms with van der Waals surface area (Å²) in [4.78, 5) is 11.5. The molecule has 0 radical (unpaired) electrons. The molecule has 154 valence electrons. The van der Waals surface area contributed by atoms with Gasteiger partial charge in [0.25, 0.3) is 0 Å². The van der Waals surface area contributed by atoms with E-state index in [1.54, 1.807) is 19.5 Å². The van der Waals surface area contributed by atoms with Crippen molar-refractivity contribution < 1.29 is 9.47 Å². The van der Waals surface area contributed by atoms with E-state index >= 15 is 0 Å². The molecule has 1 atom stereocenters. The highest BCUT2D eigenvalue weighted by Gasteiger charge is 2.26. The first-order valence-corrected chi connectivity index (χ1v) is 10.2. The van der Waals surface area contributed by atoms with Gasteiger partial charge in [-0.1, -0.05) is 6.07 Å². The Morgan fingerprint density at radius 2 is 2.00 bits per heavy atom. The van der Waals surface area contributed by atoms with E-state index < -0.39 is 0 Å². The van der Waals surface area contributed by atoms with E-state index in [2.05, 4.69) is 27.0 Å². The summed E-state index contributed by atoms with van der Waals surface area (Å²) in [5.41, 5.74) is 4.08. The normalized spacial score (nSPS) is 17.8. The molecular formula is C22H29N5O2. The Balaban J connectivity index is 1.52. The zero-order valence-electron chi connectivity index (χ0n) is 17.6. The molecule has 1 unspecified atom stereocenters. The SMILES string of the molecule is COc1ccc(CN2CCCC(c3nn(C)c4nccnc34)C2)cc1OC(C)C. The third-order valence-corrected chi connectivity index (χ3v) is 5.37. The number of methoxy groups -OCH3 is 1. The second kappa shape index (κ2) is 8.37. The van der Waals surface area contributed by atoms with Crippen LogP contribution >= 0.6 is 0 Å². The van der Waals surface area contributed by atoms with E-state index in [0.29, 0.717) is 5.92 Å². The maximum atomic E-state index is 5.94. The fraction of sp³-hybridized carbons (Fsp3) is 0.500. The van der Waals surface area contributed by atoms with Gasteiger partial charge in [-0.3, -0.25) is 4.90 Å². The lowest BCUT2D eigenvalue weighted by atomic mass is 9.94. The lowest BCUT2D eigenvalue weighted by Gasteiger charge is -2.32. The lowest BCUT2D eigenvalue weighted by Crippen LogP contribution is -2.34. The van der Waals surface area contributed by atoms with Gasteiger partial charge in [0, 0.05) is 38.4 Å². The Hall–Kier alpha value is -2.67. The van der Waals surface area contributed by atoms with Gasteiger partial charge in [0.15, 0.2) is 17.1 Å². The van der Waals surface area contributed by atoms with E-state index in [0.717, 1.165) is 60.8 Å². The fourth-order valence-electron chi connectivity index (χ4n) is 4.13. The van der Waals surface area contributed by atoms with Crippen LogP contribution in [0.4, 0.5) is 0 Å². The van der Waals surface area contributed by atoms with Crippen LogP contribution in [0.5, 0.6) is 11.5 Å². The van der Waals surface area contributed by atoms with Crippen molar-refractivity contribution in [2.75, 3.05) is 20.2 Å². The maximum Gasteiger partial charge on any atom is 0.176 e. The van der Waals surface area contributed by atoms with Crippen LogP contribution in [-0.2, 0) is 13.6 Å². The Labute approximate surface area is 171 Å². The quantitative estimate of drug-likeness (QED) is 0.636. The van der Waals surface area contributed by atoms with E-state index in [-0.39, 0.29) is 6.10 Å². The summed E-state index contributed by atoms with van der Waals surface area (Å²) in [6.07, 6.45) is 5.86. The van der Waals surface area contributed by atoms with Crippen molar-refractivity contribution in [3.05, 3.63) is 41.9 Å². The van der Waals surface area contributed by atoms with Crippen LogP contribution in [0.1, 0.15) is 43.9 Å². The molecular weight excluding hydrogens is 366 g/mol. The second-order valence-electron chi connectivity index (χ2n) is 7.96. The van der Waals surface area contributed by atoms with Gasteiger partial charge in [-0.2, -0.15) is 5.10 Å². The van der Waals surface area contributed by atoms with Crippen molar-refractivity contribution in [3.63, 3.8) is 0 Å². The highest BCUT2D eigenvalue weighted by Crippen LogP contribution is 2.32. The van der Waals surface area contributed by atoms with Gasteiger partial charge >= 0.3 is 0 Å². The fourth-order valence-corrected chi connectivity index (χ4v) is 4.13. The molecule has 0 spiro atoms. The Kier molecular flexibility index (Phi) is 5.67. The first-order chi connectivity index (χ1) is 14.0. The van der Waals surface area contributed by atoms with Crippen molar-refractivity contribution in [2.24, 2.45) is 7.05 Å². The van der Waals surface area contributed by atoms with Gasteiger partial charge < -0.3 is 9.47 Å². The van der Waals surface area contributed by atoms with Crippen molar-refractivity contribution >= 4 is 11.2 Å². The smallest absolute Gasteiger partial charge is 0.176 e. The first-order valence-electron chi connectivity index (χ1n) is 10.2. The van der Waals surface area contributed by atoms with E-state index in [1.165, 1.54) is 5.56 Å². The zero-order valence-corrected chi connectivity index (χ0v) is 17.6. The predicted molar refractivity (Wildman–Crippen MR) is 112 cm³/mol. The highest BCUT2D eigenvalue weighted by atomic mass is 16.5. The number of piperidine rings is 1. The Morgan fingerprint density at radius 3 is 2.79 bits per heavy atom. The minimum atomic E-state index is 0.108. The number of benzene rings is 1. The third-order valence-electron chi connectivity index (χ3n) is 5.37. The van der Waals surface area contributed by atoms with E-state index in [1.807, 2.05) is 31.6 Å². The number of nitrogens with zero attached hydrogens (tertiary/aromatic N) is 5. The lowest BCUT2D eigenvalue weighted by molar-refractivity contribution is 0.197. The van der Waals surface area contributed by atoms with Gasteiger partial charge in [0.2, 0.25) is 0 Å². The zero-order chi connectivity index (χ0) is 20.4. The number of aryl methyl sites for hydroxylation is 1. The second-order valence-corrected chi connectivity index (χ2v) is 7.96. The number of ether oxygens (including phenoxy) is 2. The molecule has 1 saturated heterocycles. The molecule has 0 saturated carbocycles. The summed E-state index contributed by atoms with van der Waals surface area (Å²) in [5, 5.41) is 4.75. The van der Waals surface area contributed by atoms with Crippen LogP contribution in [0, 0.1) is 0 Å². The van der Waals surface area contributed by atoms with Crippen molar-refractivity contribution in [3.8, 4) is 11.5 Å². The number of fused-ring (bicyclic) bond motifs is 1. The van der Waals surface area contributed by atoms with E-state index in [9.17, 15) is 0 Å². The summed E-state index contributed by atoms with van der Waals surface area (Å²) < 4.78 is 13.2. The number of hydrogen-bond donors (Lipinski definition) is 0. The first kappa shape index (κ1) is 19.6. The van der Waals surface area contributed by atoms with Crippen molar-refractivity contribution in [1.82, 2.24) is 24.6 Å². The number of aromatic nitrogens is 4. The van der Waals surface area contributed by atoms with Crippen LogP contribution in [0.25, 0.3) is 11.2 Å². The van der Waals surface area contributed by atoms with Crippen molar-refractivity contribution in [2.45, 2.75) is 45.3 Å². The summed E-state index contributed by atoms with van der Waals surface area (Å²) in [7, 11) is 3.62. The molecule has 3 aromatic rings. The molecule has 7 nitrogen and oxygen atoms in total. The average molecular weight is 396 g/mol. The topological polar surface area (TPSA) is 65.3 Å². The summed E-state index contributed by atoms with van der Waals surface area (Å²) in [6.45, 7) is 6.99. The summed E-state index contributed by atoms with van der Waals surface area (Å²) in [5.74, 6) is 1.95. The molecule has 0 amide bonds. The van der Waals surface area contributed by atoms with Gasteiger partial charge in [-0.15, -0.1) is 0 Å². The van der Waals surface area contributed by atoms with Gasteiger partial charge in [0.05, 0.1) is 18.9 Å². The highest BCUT2D eigenvalue weighted by molar-refractivity contribution is 5.73. The maximum absolute atomic E-state index is 5.94. The molecule has 2 aromatic heterocycles. The molecule has 1 fully saturated rings. The number of hydrogen-bond acceptors (Lipinski definition) is 6. The molecule has 4 rings (SSSR count). The molecule has 7 heteroatoms. The predicted octanol–water partition coefficient (Wildman–Crippen LogP) is 3.54. The van der Waals surface area contributed by atoms with Crippen LogP contribution in [0.2, 0.25) is 0 Å². The van der Waals surface area contributed by atoms with Crippen LogP contribution in [-0.4, -0.2) is 51.0 Å². The number of rotatable bonds is 6. The average Bonchev–Trinajstić information content (AvgIpc) is 3.05. The minimum absolute atomic E-state index is 0.108. The molecule has 29 heavy (non-hydrogen) atoms. The number of likely N-dealkylation sites (tertiary alicyclic amines) is 1. The Morgan fingerprint density at radius 1 is 1.17 bits per heavy atom. The third kappa shape index (κ3) is 4.19. The molecule has 0 bridgehead atoms. The standard InChI is InChI=1S/C22H29N5O2/c1-15(2)29-19-12-16(7-8-18(19)28-4)13-27-11-5-6-17(14-27)20-21-22(26(3)25-20)24-10-9-23-21/h7-10,12,15,17H,5-6,11,13-14H2,1-4H3. The minimum Gasteiger partial charge on any atom is -0.493 e. The van der Waals surface area contributed by atoms with Gasteiger partial charge in [0.1, 0.15) is 5.52 Å². The molecule has 0 aliphatic carbocycles. The Bertz CT molecular complexity index is 984. The van der Waals surface area contributed by atoms with Crippen molar-refractivity contribution in [1.29, 1.82) is 0 Å². The van der Waals surface area contributed by atoms with Crippen LogP contribution in [0.15, 0.2) is 30.6 Å². The van der Waals surface area contributed by atoms with Crippen LogP contribution in [0.3, 0.4) is 0 Å². The largest absolute Gasteiger partial charge is 0.493 e. The molecule has 3 heterocycles. The molecule has 0 N–H and O–H groups in total. The van der Waals surface area contributed by atoms with E-state index in [4.69, 9.17) is 14.6 Å². The molecule has 1 aliphatic heterocycles. The molecule has 1 aliphatic rings. The molecule has 1 aromatic carbocycles. The summed E-state index contributed by atoms with van der Waals surface area (Å²) in [6, 6.07) is 6.22. The van der Waals surface area contributed by atoms with Gasteiger partial charge in [-0.25, -0.2) is 14.6 Å². The summed E-state index contributed by atoms with van der Waals surface area (Å²) >= 11 is 0. The van der Waals surface area contributed by atoms with Gasteiger partial charge in [-0.05, 0) is 50.9 Å². The van der Waals surface area contributed by atoms with Crippen LogP contribution < -0.4 is 9.47 Å².